The van der Waals surface area contributed by atoms with Crippen molar-refractivity contribution in [1.82, 2.24) is 5.32 Å². The van der Waals surface area contributed by atoms with Crippen molar-refractivity contribution in [3.8, 4) is 0 Å². The molecule has 2 heterocycles. The predicted molar refractivity (Wildman–Crippen MR) is 101 cm³/mol. The van der Waals surface area contributed by atoms with Crippen LogP contribution >= 0.6 is 0 Å². The van der Waals surface area contributed by atoms with Crippen LogP contribution in [-0.2, 0) is 17.6 Å². The lowest BCUT2D eigenvalue weighted by Gasteiger charge is -2.22. The number of guanidine groups is 1. The highest BCUT2D eigenvalue weighted by atomic mass is 16.5. The van der Waals surface area contributed by atoms with E-state index in [-0.39, 0.29) is 0 Å². The number of rotatable bonds is 8. The van der Waals surface area contributed by atoms with Crippen LogP contribution < -0.4 is 10.2 Å². The summed E-state index contributed by atoms with van der Waals surface area (Å²) in [4.78, 5) is 7.11. The van der Waals surface area contributed by atoms with E-state index in [1.54, 1.807) is 6.26 Å². The van der Waals surface area contributed by atoms with Gasteiger partial charge in [0.15, 0.2) is 5.96 Å². The van der Waals surface area contributed by atoms with Gasteiger partial charge in [-0.25, -0.2) is 0 Å². The van der Waals surface area contributed by atoms with Gasteiger partial charge in [-0.1, -0.05) is 18.2 Å². The molecule has 2 aromatic rings. The van der Waals surface area contributed by atoms with E-state index in [9.17, 15) is 0 Å². The Kier molecular flexibility index (Phi) is 6.51. The summed E-state index contributed by atoms with van der Waals surface area (Å²) in [6.45, 7) is 6.08. The molecule has 0 amide bonds. The Bertz CT molecular complexity index is 667. The Morgan fingerprint density at radius 3 is 3.04 bits per heavy atom. The molecule has 5 heteroatoms. The van der Waals surface area contributed by atoms with E-state index in [2.05, 4.69) is 34.5 Å². The fourth-order valence-corrected chi connectivity index (χ4v) is 3.04. The van der Waals surface area contributed by atoms with E-state index in [0.29, 0.717) is 0 Å². The third kappa shape index (κ3) is 4.86. The molecule has 0 saturated heterocycles. The number of benzene rings is 1. The number of ether oxygens (including phenoxy) is 1. The smallest absolute Gasteiger partial charge is 0.198 e. The summed E-state index contributed by atoms with van der Waals surface area (Å²) >= 11 is 0. The fourth-order valence-electron chi connectivity index (χ4n) is 3.04. The van der Waals surface area contributed by atoms with Crippen molar-refractivity contribution in [2.45, 2.75) is 26.2 Å². The Labute approximate surface area is 149 Å². The minimum absolute atomic E-state index is 0.760. The predicted octanol–water partition coefficient (Wildman–Crippen LogP) is 3.26. The van der Waals surface area contributed by atoms with Crippen LogP contribution in [0.1, 0.15) is 24.7 Å². The van der Waals surface area contributed by atoms with Crippen LogP contribution in [0.2, 0.25) is 0 Å². The van der Waals surface area contributed by atoms with Crippen LogP contribution in [0, 0.1) is 0 Å². The van der Waals surface area contributed by atoms with Crippen LogP contribution in [0.5, 0.6) is 0 Å². The van der Waals surface area contributed by atoms with Crippen LogP contribution in [0.3, 0.4) is 0 Å². The molecule has 0 saturated carbocycles. The standard InChI is InChI=1S/C20H27N3O2/c1-2-24-15-6-12-21-20(22-13-10-18-8-5-16-25-18)23-14-11-17-7-3-4-9-19(17)23/h3-5,7-9,16H,2,6,10-15H2,1H3,(H,21,22). The van der Waals surface area contributed by atoms with Gasteiger partial charge in [-0.3, -0.25) is 4.99 Å². The lowest BCUT2D eigenvalue weighted by atomic mass is 10.2. The van der Waals surface area contributed by atoms with E-state index < -0.39 is 0 Å². The summed E-state index contributed by atoms with van der Waals surface area (Å²) in [5.74, 6) is 1.94. The van der Waals surface area contributed by atoms with Gasteiger partial charge in [-0.15, -0.1) is 0 Å². The van der Waals surface area contributed by atoms with Gasteiger partial charge in [0, 0.05) is 45.0 Å². The Balaban J connectivity index is 1.62. The van der Waals surface area contributed by atoms with Crippen LogP contribution in [0.4, 0.5) is 5.69 Å². The zero-order valence-corrected chi connectivity index (χ0v) is 14.9. The zero-order chi connectivity index (χ0) is 17.3. The number of anilines is 1. The monoisotopic (exact) mass is 341 g/mol. The van der Waals surface area contributed by atoms with Crippen molar-refractivity contribution >= 4 is 11.6 Å². The minimum atomic E-state index is 0.760. The van der Waals surface area contributed by atoms with E-state index in [0.717, 1.165) is 63.8 Å². The fraction of sp³-hybridized carbons (Fsp3) is 0.450. The summed E-state index contributed by atoms with van der Waals surface area (Å²) < 4.78 is 10.8. The Morgan fingerprint density at radius 2 is 2.20 bits per heavy atom. The highest BCUT2D eigenvalue weighted by molar-refractivity contribution is 5.98. The van der Waals surface area contributed by atoms with Gasteiger partial charge in [0.1, 0.15) is 5.76 Å². The number of aliphatic imine (C=N–C) groups is 1. The quantitative estimate of drug-likeness (QED) is 0.455. The first-order chi connectivity index (χ1) is 12.4. The molecule has 134 valence electrons. The molecule has 5 nitrogen and oxygen atoms in total. The molecule has 1 aromatic heterocycles. The number of furan rings is 1. The van der Waals surface area contributed by atoms with E-state index >= 15 is 0 Å². The number of hydrogen-bond acceptors (Lipinski definition) is 3. The Hall–Kier alpha value is -2.27. The summed E-state index contributed by atoms with van der Waals surface area (Å²) in [5.41, 5.74) is 2.65. The van der Waals surface area contributed by atoms with Crippen molar-refractivity contribution in [3.63, 3.8) is 0 Å². The Morgan fingerprint density at radius 1 is 1.28 bits per heavy atom. The van der Waals surface area contributed by atoms with Crippen molar-refractivity contribution in [2.24, 2.45) is 4.99 Å². The molecule has 0 radical (unpaired) electrons. The summed E-state index contributed by atoms with van der Waals surface area (Å²) in [6.07, 6.45) is 4.57. The van der Waals surface area contributed by atoms with Gasteiger partial charge >= 0.3 is 0 Å². The molecule has 1 aliphatic rings. The lowest BCUT2D eigenvalue weighted by Crippen LogP contribution is -2.41. The maximum absolute atomic E-state index is 5.41. The molecular weight excluding hydrogens is 314 g/mol. The molecule has 0 spiro atoms. The average molecular weight is 341 g/mol. The van der Waals surface area contributed by atoms with E-state index in [4.69, 9.17) is 14.1 Å². The molecule has 0 fully saturated rings. The molecule has 1 N–H and O–H groups in total. The van der Waals surface area contributed by atoms with Gasteiger partial charge in [-0.2, -0.15) is 0 Å². The normalized spacial score (nSPS) is 14.0. The van der Waals surface area contributed by atoms with Gasteiger partial charge in [-0.05, 0) is 43.5 Å². The molecule has 1 aliphatic heterocycles. The lowest BCUT2D eigenvalue weighted by molar-refractivity contribution is 0.146. The number of hydrogen-bond donors (Lipinski definition) is 1. The first-order valence-electron chi connectivity index (χ1n) is 9.12. The molecule has 0 aliphatic carbocycles. The summed E-state index contributed by atoms with van der Waals surface area (Å²) in [7, 11) is 0. The molecular formula is C20H27N3O2. The molecule has 3 rings (SSSR count). The molecule has 0 unspecified atom stereocenters. The van der Waals surface area contributed by atoms with Gasteiger partial charge < -0.3 is 19.4 Å². The zero-order valence-electron chi connectivity index (χ0n) is 14.9. The first kappa shape index (κ1) is 17.5. The highest BCUT2D eigenvalue weighted by Gasteiger charge is 2.22. The van der Waals surface area contributed by atoms with Crippen LogP contribution in [0.25, 0.3) is 0 Å². The average Bonchev–Trinajstić information content (AvgIpc) is 3.30. The first-order valence-corrected chi connectivity index (χ1v) is 9.12. The van der Waals surface area contributed by atoms with Crippen molar-refractivity contribution in [1.29, 1.82) is 0 Å². The molecule has 0 atom stereocenters. The van der Waals surface area contributed by atoms with E-state index in [1.165, 1.54) is 11.3 Å². The van der Waals surface area contributed by atoms with Crippen molar-refractivity contribution in [2.75, 3.05) is 37.7 Å². The summed E-state index contributed by atoms with van der Waals surface area (Å²) in [6, 6.07) is 12.5. The second-order valence-corrected chi connectivity index (χ2v) is 6.04. The topological polar surface area (TPSA) is 50.0 Å². The van der Waals surface area contributed by atoms with Gasteiger partial charge in [0.05, 0.1) is 6.26 Å². The maximum atomic E-state index is 5.41. The van der Waals surface area contributed by atoms with Crippen LogP contribution in [0.15, 0.2) is 52.1 Å². The van der Waals surface area contributed by atoms with Gasteiger partial charge in [0.25, 0.3) is 0 Å². The second kappa shape index (κ2) is 9.28. The van der Waals surface area contributed by atoms with E-state index in [1.807, 2.05) is 19.1 Å². The molecule has 1 aromatic carbocycles. The number of para-hydroxylation sites is 1. The van der Waals surface area contributed by atoms with Crippen molar-refractivity contribution < 1.29 is 9.15 Å². The van der Waals surface area contributed by atoms with Crippen LogP contribution in [-0.4, -0.2) is 38.8 Å². The SMILES string of the molecule is CCOCCCN=C(NCCc1ccco1)N1CCc2ccccc21. The third-order valence-electron chi connectivity index (χ3n) is 4.29. The molecule has 25 heavy (non-hydrogen) atoms. The van der Waals surface area contributed by atoms with Crippen molar-refractivity contribution in [3.05, 3.63) is 54.0 Å². The summed E-state index contributed by atoms with van der Waals surface area (Å²) in [5, 5.41) is 3.51. The highest BCUT2D eigenvalue weighted by Crippen LogP contribution is 2.27. The van der Waals surface area contributed by atoms with Gasteiger partial charge in [0.2, 0.25) is 0 Å². The number of fused-ring (bicyclic) bond motifs is 1. The minimum Gasteiger partial charge on any atom is -0.469 e. The number of nitrogens with one attached hydrogen (secondary N) is 1. The number of nitrogens with zero attached hydrogens (tertiary/aromatic N) is 2. The molecule has 0 bridgehead atoms. The third-order valence-corrected chi connectivity index (χ3v) is 4.29. The second-order valence-electron chi connectivity index (χ2n) is 6.04. The largest absolute Gasteiger partial charge is 0.469 e. The maximum Gasteiger partial charge on any atom is 0.198 e.